The highest BCUT2D eigenvalue weighted by Crippen LogP contribution is 2.47. The van der Waals surface area contributed by atoms with Crippen LogP contribution in [0.2, 0.25) is 0 Å². The quantitative estimate of drug-likeness (QED) is 0.111. The van der Waals surface area contributed by atoms with Crippen LogP contribution in [0.25, 0.3) is 21.3 Å². The standard InChI is InChI=1S/C32H32F4N4O6S2/c33-25-11-18(38-28(41)9-10-48(42,43)44)12-27-30(25)39-31(47-27)40-19-7-8-20(40)14-21(13-19)45-16-24-23(15-37-29(24)17-5-6-17)22-3-1-2-4-26(22)46-32(34,35)36/h1-4,11-12,15,17,19-21,37H,5-10,13-14,16H2,(H,38,41)(H,42,43,44). The van der Waals surface area contributed by atoms with E-state index in [4.69, 9.17) is 9.29 Å². The maximum Gasteiger partial charge on any atom is 0.573 e. The minimum atomic E-state index is -4.82. The van der Waals surface area contributed by atoms with Crippen molar-refractivity contribution in [2.24, 2.45) is 0 Å². The summed E-state index contributed by atoms with van der Waals surface area (Å²) in [6, 6.07) is 9.04. The van der Waals surface area contributed by atoms with Gasteiger partial charge >= 0.3 is 6.36 Å². The Morgan fingerprint density at radius 2 is 1.83 bits per heavy atom. The van der Waals surface area contributed by atoms with E-state index in [1.165, 1.54) is 23.5 Å². The van der Waals surface area contributed by atoms with Crippen molar-refractivity contribution in [1.29, 1.82) is 0 Å². The number of H-pyrrole nitrogens is 1. The number of fused-ring (bicyclic) bond motifs is 3. The molecule has 0 spiro atoms. The average molecular weight is 709 g/mol. The minimum Gasteiger partial charge on any atom is -0.405 e. The predicted molar refractivity (Wildman–Crippen MR) is 171 cm³/mol. The molecule has 1 aliphatic carbocycles. The third-order valence-electron chi connectivity index (χ3n) is 9.09. The Morgan fingerprint density at radius 3 is 2.52 bits per heavy atom. The molecule has 2 aromatic heterocycles. The van der Waals surface area contributed by atoms with Crippen molar-refractivity contribution in [3.05, 3.63) is 59.7 Å². The Labute approximate surface area is 277 Å². The summed E-state index contributed by atoms with van der Waals surface area (Å²) in [5.74, 6) is -1.99. The summed E-state index contributed by atoms with van der Waals surface area (Å²) < 4.78 is 96.8. The summed E-state index contributed by atoms with van der Waals surface area (Å²) in [5, 5.41) is 3.14. The number of hydrogen-bond acceptors (Lipinski definition) is 8. The van der Waals surface area contributed by atoms with Crippen LogP contribution in [0.3, 0.4) is 0 Å². The van der Waals surface area contributed by atoms with Gasteiger partial charge in [0.05, 0.1) is 23.2 Å². The number of alkyl halides is 3. The van der Waals surface area contributed by atoms with Crippen LogP contribution in [0.4, 0.5) is 28.4 Å². The molecular formula is C32H32F4N4O6S2. The van der Waals surface area contributed by atoms with Gasteiger partial charge < -0.3 is 24.7 Å². The first-order valence-corrected chi connectivity index (χ1v) is 18.0. The minimum absolute atomic E-state index is 0.0918. The van der Waals surface area contributed by atoms with Crippen LogP contribution in [0, 0.1) is 5.82 Å². The molecule has 2 saturated heterocycles. The molecule has 4 aromatic rings. The zero-order chi connectivity index (χ0) is 33.8. The van der Waals surface area contributed by atoms with Crippen molar-refractivity contribution in [2.75, 3.05) is 16.0 Å². The van der Waals surface area contributed by atoms with Gasteiger partial charge in [0.15, 0.2) is 10.9 Å². The molecule has 4 heterocycles. The highest BCUT2D eigenvalue weighted by Gasteiger charge is 2.43. The summed E-state index contributed by atoms with van der Waals surface area (Å²) in [4.78, 5) is 22.2. The highest BCUT2D eigenvalue weighted by molar-refractivity contribution is 7.85. The zero-order valence-corrected chi connectivity index (χ0v) is 27.1. The first kappa shape index (κ1) is 32.8. The van der Waals surface area contributed by atoms with Crippen molar-refractivity contribution in [3.63, 3.8) is 0 Å². The number of rotatable bonds is 11. The van der Waals surface area contributed by atoms with Gasteiger partial charge in [0, 0.05) is 52.8 Å². The molecule has 256 valence electrons. The van der Waals surface area contributed by atoms with E-state index in [1.54, 1.807) is 24.4 Å². The third kappa shape index (κ3) is 7.16. The zero-order valence-electron chi connectivity index (χ0n) is 25.4. The molecular weight excluding hydrogens is 677 g/mol. The molecule has 2 aromatic carbocycles. The fourth-order valence-corrected chi connectivity index (χ4v) is 8.49. The molecule has 2 bridgehead atoms. The molecule has 1 amide bonds. The van der Waals surface area contributed by atoms with E-state index in [2.05, 4.69) is 24.9 Å². The number of anilines is 2. The molecule has 0 radical (unpaired) electrons. The summed E-state index contributed by atoms with van der Waals surface area (Å²) >= 11 is 1.30. The Bertz CT molecular complexity index is 1950. The van der Waals surface area contributed by atoms with Crippen LogP contribution < -0.4 is 15.0 Å². The van der Waals surface area contributed by atoms with Crippen LogP contribution in [-0.4, -0.2) is 59.1 Å². The van der Waals surface area contributed by atoms with Gasteiger partial charge in [-0.15, -0.1) is 13.2 Å². The molecule has 2 aliphatic heterocycles. The number of benzene rings is 2. The van der Waals surface area contributed by atoms with Gasteiger partial charge in [0.1, 0.15) is 11.3 Å². The lowest BCUT2D eigenvalue weighted by atomic mass is 9.99. The van der Waals surface area contributed by atoms with E-state index in [1.807, 2.05) is 0 Å². The molecule has 10 nitrogen and oxygen atoms in total. The van der Waals surface area contributed by atoms with E-state index >= 15 is 4.39 Å². The lowest BCUT2D eigenvalue weighted by Gasteiger charge is -2.38. The summed E-state index contributed by atoms with van der Waals surface area (Å²) in [6.45, 7) is 0.236. The van der Waals surface area contributed by atoms with Gasteiger partial charge in [-0.05, 0) is 62.6 Å². The molecule has 7 rings (SSSR count). The highest BCUT2D eigenvalue weighted by atomic mass is 32.2. The number of thiazole rings is 1. The first-order valence-electron chi connectivity index (χ1n) is 15.6. The number of aromatic amines is 1. The van der Waals surface area contributed by atoms with Gasteiger partial charge in [-0.3, -0.25) is 9.35 Å². The third-order valence-corrected chi connectivity index (χ3v) is 10.8. The fraction of sp³-hybridized carbons (Fsp3) is 0.438. The van der Waals surface area contributed by atoms with Gasteiger partial charge in [-0.1, -0.05) is 29.5 Å². The maximum atomic E-state index is 15.1. The molecule has 48 heavy (non-hydrogen) atoms. The topological polar surface area (TPSA) is 134 Å². The van der Waals surface area contributed by atoms with E-state index < -0.39 is 40.4 Å². The van der Waals surface area contributed by atoms with Crippen LogP contribution in [0.5, 0.6) is 5.75 Å². The van der Waals surface area contributed by atoms with Gasteiger partial charge in [-0.25, -0.2) is 9.37 Å². The molecule has 3 fully saturated rings. The van der Waals surface area contributed by atoms with E-state index in [-0.39, 0.29) is 41.7 Å². The second-order valence-corrected chi connectivity index (χ2v) is 15.1. The number of ether oxygens (including phenoxy) is 2. The first-order chi connectivity index (χ1) is 22.8. The fourth-order valence-electron chi connectivity index (χ4n) is 6.89. The average Bonchev–Trinajstić information content (AvgIpc) is 3.52. The maximum absolute atomic E-state index is 15.1. The Hall–Kier alpha value is -3.73. The second kappa shape index (κ2) is 12.6. The number of aromatic nitrogens is 2. The summed E-state index contributed by atoms with van der Waals surface area (Å²) in [6.07, 6.45) is 1.57. The van der Waals surface area contributed by atoms with Crippen molar-refractivity contribution in [3.8, 4) is 16.9 Å². The lowest BCUT2D eigenvalue weighted by molar-refractivity contribution is -0.274. The number of para-hydroxylation sites is 1. The molecule has 3 aliphatic rings. The number of piperidine rings is 1. The molecule has 2 atom stereocenters. The van der Waals surface area contributed by atoms with Crippen LogP contribution in [-0.2, 0) is 26.3 Å². The predicted octanol–water partition coefficient (Wildman–Crippen LogP) is 7.14. The van der Waals surface area contributed by atoms with Crippen LogP contribution >= 0.6 is 11.3 Å². The Morgan fingerprint density at radius 1 is 1.10 bits per heavy atom. The summed E-state index contributed by atoms with van der Waals surface area (Å²) in [7, 11) is -4.31. The lowest BCUT2D eigenvalue weighted by Crippen LogP contribution is -2.45. The monoisotopic (exact) mass is 708 g/mol. The van der Waals surface area contributed by atoms with Crippen molar-refractivity contribution in [2.45, 2.75) is 82.0 Å². The molecule has 1 saturated carbocycles. The Kier molecular flexibility index (Phi) is 8.62. The van der Waals surface area contributed by atoms with Crippen molar-refractivity contribution >= 4 is 48.4 Å². The Balaban J connectivity index is 1.05. The summed E-state index contributed by atoms with van der Waals surface area (Å²) in [5.41, 5.74) is 3.13. The number of nitrogens with zero attached hydrogens (tertiary/aromatic N) is 2. The second-order valence-electron chi connectivity index (χ2n) is 12.5. The number of halogens is 4. The number of carbonyl (C=O) groups is 1. The number of carbonyl (C=O) groups excluding carboxylic acids is 1. The van der Waals surface area contributed by atoms with E-state index in [0.29, 0.717) is 39.7 Å². The van der Waals surface area contributed by atoms with E-state index in [9.17, 15) is 26.4 Å². The van der Waals surface area contributed by atoms with Gasteiger partial charge in [-0.2, -0.15) is 8.42 Å². The van der Waals surface area contributed by atoms with Gasteiger partial charge in [0.25, 0.3) is 10.1 Å². The number of amides is 1. The number of nitrogens with one attached hydrogen (secondary N) is 2. The molecule has 16 heteroatoms. The number of hydrogen-bond donors (Lipinski definition) is 3. The SMILES string of the molecule is O=C(CCS(=O)(=O)O)Nc1cc(F)c2nc(N3C4CCC3CC(OCc3c(-c5ccccc5OC(F)(F)F)c[nH]c3C3CC3)C4)sc2c1. The molecule has 3 N–H and O–H groups in total. The largest absolute Gasteiger partial charge is 0.573 e. The normalized spacial score (nSPS) is 21.2. The molecule has 2 unspecified atom stereocenters. The van der Waals surface area contributed by atoms with Gasteiger partial charge in [0.2, 0.25) is 5.91 Å². The van der Waals surface area contributed by atoms with E-state index in [0.717, 1.165) is 43.0 Å². The van der Waals surface area contributed by atoms with Crippen molar-refractivity contribution < 1.29 is 44.8 Å². The van der Waals surface area contributed by atoms with Crippen molar-refractivity contribution in [1.82, 2.24) is 9.97 Å². The smallest absolute Gasteiger partial charge is 0.405 e. The van der Waals surface area contributed by atoms with Crippen LogP contribution in [0.1, 0.15) is 62.1 Å². The van der Waals surface area contributed by atoms with Crippen LogP contribution in [0.15, 0.2) is 42.6 Å².